The van der Waals surface area contributed by atoms with Crippen LogP contribution in [0.5, 0.6) is 0 Å². The molecule has 0 aliphatic carbocycles. The van der Waals surface area contributed by atoms with Crippen molar-refractivity contribution >= 4 is 40.9 Å². The Bertz CT molecular complexity index is 983. The number of halogens is 1. The Morgan fingerprint density at radius 3 is 2.86 bits per heavy atom. The molecule has 0 radical (unpaired) electrons. The number of furan rings is 1. The van der Waals surface area contributed by atoms with E-state index in [-0.39, 0.29) is 11.7 Å². The van der Waals surface area contributed by atoms with Gasteiger partial charge in [-0.1, -0.05) is 29.4 Å². The molecule has 7 nitrogen and oxygen atoms in total. The van der Waals surface area contributed by atoms with Crippen molar-refractivity contribution in [2.45, 2.75) is 31.5 Å². The highest BCUT2D eigenvalue weighted by molar-refractivity contribution is 7.99. The van der Waals surface area contributed by atoms with Gasteiger partial charge in [0, 0.05) is 23.8 Å². The Morgan fingerprint density at radius 1 is 1.28 bits per heavy atom. The summed E-state index contributed by atoms with van der Waals surface area (Å²) in [4.78, 5) is 14.7. The van der Waals surface area contributed by atoms with E-state index in [4.69, 9.17) is 16.0 Å². The maximum atomic E-state index is 12.5. The predicted molar refractivity (Wildman–Crippen MR) is 115 cm³/mol. The summed E-state index contributed by atoms with van der Waals surface area (Å²) in [5.74, 6) is 1.76. The zero-order valence-corrected chi connectivity index (χ0v) is 17.7. The normalized spacial score (nSPS) is 13.8. The lowest BCUT2D eigenvalue weighted by Gasteiger charge is -2.17. The minimum atomic E-state index is -0.115. The van der Waals surface area contributed by atoms with Crippen LogP contribution in [0.25, 0.3) is 0 Å². The van der Waals surface area contributed by atoms with Gasteiger partial charge in [0.25, 0.3) is 0 Å². The van der Waals surface area contributed by atoms with Gasteiger partial charge in [0.15, 0.2) is 5.16 Å². The number of anilines is 2. The third kappa shape index (κ3) is 4.76. The van der Waals surface area contributed by atoms with E-state index in [1.165, 1.54) is 11.8 Å². The summed E-state index contributed by atoms with van der Waals surface area (Å²) in [5.41, 5.74) is 1.68. The highest BCUT2D eigenvalue weighted by Crippen LogP contribution is 2.26. The molecule has 1 N–H and O–H groups in total. The van der Waals surface area contributed by atoms with Gasteiger partial charge in [0.05, 0.1) is 18.6 Å². The first-order chi connectivity index (χ1) is 14.1. The molecular formula is C20H22ClN5O2S. The average molecular weight is 432 g/mol. The minimum absolute atomic E-state index is 0.115. The van der Waals surface area contributed by atoms with Gasteiger partial charge in [0.2, 0.25) is 11.9 Å². The zero-order chi connectivity index (χ0) is 20.2. The standard InChI is InChI=1S/C20H22ClN5O2S/c1-14-6-7-15(21)11-17(14)22-18(27)13-29-20-24-23-19(25-8-2-3-9-25)26(20)12-16-5-4-10-28-16/h4-7,10-11H,2-3,8-9,12-13H2,1H3,(H,22,27). The van der Waals surface area contributed by atoms with Crippen molar-refractivity contribution in [1.29, 1.82) is 0 Å². The predicted octanol–water partition coefficient (Wildman–Crippen LogP) is 4.21. The highest BCUT2D eigenvalue weighted by atomic mass is 35.5. The van der Waals surface area contributed by atoms with Crippen LogP contribution in [0.4, 0.5) is 11.6 Å². The number of aromatic nitrogens is 3. The molecule has 2 aromatic heterocycles. The number of nitrogens with one attached hydrogen (secondary N) is 1. The van der Waals surface area contributed by atoms with Crippen molar-refractivity contribution in [1.82, 2.24) is 14.8 Å². The first-order valence-electron chi connectivity index (χ1n) is 9.49. The second kappa shape index (κ2) is 8.92. The first-order valence-corrected chi connectivity index (χ1v) is 10.9. The molecular weight excluding hydrogens is 410 g/mol. The van der Waals surface area contributed by atoms with Crippen LogP contribution in [0.1, 0.15) is 24.2 Å². The molecule has 4 rings (SSSR count). The molecule has 1 saturated heterocycles. The average Bonchev–Trinajstić information content (AvgIpc) is 3.45. The zero-order valence-electron chi connectivity index (χ0n) is 16.1. The molecule has 1 fully saturated rings. The Morgan fingerprint density at radius 2 is 2.10 bits per heavy atom. The van der Waals surface area contributed by atoms with Crippen molar-refractivity contribution in [3.8, 4) is 0 Å². The number of carbonyl (C=O) groups excluding carboxylic acids is 1. The van der Waals surface area contributed by atoms with Gasteiger partial charge < -0.3 is 14.6 Å². The molecule has 0 spiro atoms. The molecule has 1 aromatic carbocycles. The summed E-state index contributed by atoms with van der Waals surface area (Å²) in [6, 6.07) is 9.23. The molecule has 0 unspecified atom stereocenters. The number of hydrogen-bond acceptors (Lipinski definition) is 6. The summed E-state index contributed by atoms with van der Waals surface area (Å²) >= 11 is 7.40. The number of hydrogen-bond donors (Lipinski definition) is 1. The van der Waals surface area contributed by atoms with E-state index in [0.717, 1.165) is 48.9 Å². The Balaban J connectivity index is 1.47. The van der Waals surface area contributed by atoms with Gasteiger partial charge in [-0.05, 0) is 49.6 Å². The van der Waals surface area contributed by atoms with Gasteiger partial charge in [-0.3, -0.25) is 9.36 Å². The summed E-state index contributed by atoms with van der Waals surface area (Å²) in [5, 5.41) is 12.9. The second-order valence-electron chi connectivity index (χ2n) is 6.94. The van der Waals surface area contributed by atoms with E-state index in [1.807, 2.05) is 29.7 Å². The SMILES string of the molecule is Cc1ccc(Cl)cc1NC(=O)CSc1nnc(N2CCCC2)n1Cc1ccco1. The number of carbonyl (C=O) groups is 1. The fourth-order valence-electron chi connectivity index (χ4n) is 3.28. The second-order valence-corrected chi connectivity index (χ2v) is 8.32. The van der Waals surface area contributed by atoms with Crippen LogP contribution in [-0.2, 0) is 11.3 Å². The van der Waals surface area contributed by atoms with Crippen molar-refractivity contribution in [3.05, 3.63) is 52.9 Å². The number of amides is 1. The first kappa shape index (κ1) is 19.8. The smallest absolute Gasteiger partial charge is 0.234 e. The van der Waals surface area contributed by atoms with Crippen LogP contribution in [-0.4, -0.2) is 39.5 Å². The Hall–Kier alpha value is -2.45. The Labute approximate surface area is 178 Å². The van der Waals surface area contributed by atoms with Crippen molar-refractivity contribution < 1.29 is 9.21 Å². The van der Waals surface area contributed by atoms with Crippen molar-refractivity contribution in [2.75, 3.05) is 29.1 Å². The third-order valence-corrected chi connectivity index (χ3v) is 5.99. The molecule has 0 atom stereocenters. The van der Waals surface area contributed by atoms with Crippen LogP contribution in [0, 0.1) is 6.92 Å². The van der Waals surface area contributed by atoms with Gasteiger partial charge in [-0.25, -0.2) is 0 Å². The van der Waals surface area contributed by atoms with Crippen LogP contribution >= 0.6 is 23.4 Å². The van der Waals surface area contributed by atoms with Crippen LogP contribution < -0.4 is 10.2 Å². The fraction of sp³-hybridized carbons (Fsp3) is 0.350. The van der Waals surface area contributed by atoms with Gasteiger partial charge in [-0.2, -0.15) is 0 Å². The molecule has 152 valence electrons. The lowest BCUT2D eigenvalue weighted by Crippen LogP contribution is -2.23. The topological polar surface area (TPSA) is 76.2 Å². The van der Waals surface area contributed by atoms with E-state index in [9.17, 15) is 4.79 Å². The molecule has 3 heterocycles. The van der Waals surface area contributed by atoms with E-state index in [2.05, 4.69) is 20.4 Å². The molecule has 1 aliphatic rings. The fourth-order valence-corrected chi connectivity index (χ4v) is 4.19. The molecule has 3 aromatic rings. The quantitative estimate of drug-likeness (QED) is 0.564. The van der Waals surface area contributed by atoms with Gasteiger partial charge in [0.1, 0.15) is 5.76 Å². The van der Waals surface area contributed by atoms with E-state index in [1.54, 1.807) is 18.4 Å². The minimum Gasteiger partial charge on any atom is -0.467 e. The summed E-state index contributed by atoms with van der Waals surface area (Å²) in [6.45, 7) is 4.40. The molecule has 0 bridgehead atoms. The van der Waals surface area contributed by atoms with Gasteiger partial charge in [-0.15, -0.1) is 10.2 Å². The largest absolute Gasteiger partial charge is 0.467 e. The van der Waals surface area contributed by atoms with Crippen molar-refractivity contribution in [2.24, 2.45) is 0 Å². The summed E-state index contributed by atoms with van der Waals surface area (Å²) < 4.78 is 7.53. The maximum absolute atomic E-state index is 12.5. The number of nitrogens with zero attached hydrogens (tertiary/aromatic N) is 4. The molecule has 1 aliphatic heterocycles. The van der Waals surface area contributed by atoms with Crippen LogP contribution in [0.3, 0.4) is 0 Å². The number of rotatable bonds is 7. The molecule has 9 heteroatoms. The van der Waals surface area contributed by atoms with E-state index >= 15 is 0 Å². The number of aryl methyl sites for hydroxylation is 1. The van der Waals surface area contributed by atoms with Crippen molar-refractivity contribution in [3.63, 3.8) is 0 Å². The molecule has 0 saturated carbocycles. The lowest BCUT2D eigenvalue weighted by atomic mass is 10.2. The van der Waals surface area contributed by atoms with E-state index in [0.29, 0.717) is 16.7 Å². The third-order valence-electron chi connectivity index (χ3n) is 4.79. The summed E-state index contributed by atoms with van der Waals surface area (Å²) in [7, 11) is 0. The van der Waals surface area contributed by atoms with E-state index < -0.39 is 0 Å². The lowest BCUT2D eigenvalue weighted by molar-refractivity contribution is -0.113. The number of thioether (sulfide) groups is 1. The molecule has 1 amide bonds. The van der Waals surface area contributed by atoms with Crippen LogP contribution in [0.15, 0.2) is 46.2 Å². The molecule has 29 heavy (non-hydrogen) atoms. The Kier molecular flexibility index (Phi) is 6.10. The monoisotopic (exact) mass is 431 g/mol. The summed E-state index contributed by atoms with van der Waals surface area (Å²) in [6.07, 6.45) is 3.96. The number of benzene rings is 1. The highest BCUT2D eigenvalue weighted by Gasteiger charge is 2.22. The van der Waals surface area contributed by atoms with Gasteiger partial charge >= 0.3 is 0 Å². The van der Waals surface area contributed by atoms with Crippen LogP contribution in [0.2, 0.25) is 5.02 Å². The maximum Gasteiger partial charge on any atom is 0.234 e.